The summed E-state index contributed by atoms with van der Waals surface area (Å²) < 4.78 is 39.6. The van der Waals surface area contributed by atoms with E-state index in [0.717, 1.165) is 6.92 Å². The molecule has 21 nitrogen and oxygen atoms in total. The zero-order valence-electron chi connectivity index (χ0n) is 25.3. The van der Waals surface area contributed by atoms with Crippen molar-refractivity contribution in [2.75, 3.05) is 19.8 Å². The first kappa shape index (κ1) is 38.5. The van der Waals surface area contributed by atoms with Gasteiger partial charge in [0.05, 0.1) is 25.9 Å². The van der Waals surface area contributed by atoms with Crippen molar-refractivity contribution in [2.45, 2.75) is 137 Å². The van der Waals surface area contributed by atoms with Gasteiger partial charge in [-0.25, -0.2) is 0 Å². The van der Waals surface area contributed by atoms with Gasteiger partial charge in [-0.1, -0.05) is 0 Å². The molecule has 0 radical (unpaired) electrons. The Kier molecular flexibility index (Phi) is 13.2. The van der Waals surface area contributed by atoms with Crippen LogP contribution >= 0.6 is 0 Å². The molecule has 4 rings (SSSR count). The fourth-order valence-corrected chi connectivity index (χ4v) is 5.86. The third kappa shape index (κ3) is 8.04. The number of aliphatic hydroxyl groups excluding tert-OH is 12. The number of hydrogen-bond donors (Lipinski definition) is 13. The van der Waals surface area contributed by atoms with Gasteiger partial charge in [-0.3, -0.25) is 4.79 Å². The van der Waals surface area contributed by atoms with Crippen molar-refractivity contribution < 1.29 is 99.2 Å². The number of ether oxygens (including phenoxy) is 7. The van der Waals surface area contributed by atoms with E-state index in [-0.39, 0.29) is 0 Å². The highest BCUT2D eigenvalue weighted by molar-refractivity contribution is 5.73. The van der Waals surface area contributed by atoms with Crippen LogP contribution in [0.1, 0.15) is 13.8 Å². The van der Waals surface area contributed by atoms with Gasteiger partial charge in [0.2, 0.25) is 5.91 Å². The Morgan fingerprint density at radius 2 is 1.04 bits per heavy atom. The van der Waals surface area contributed by atoms with Crippen LogP contribution in [0.25, 0.3) is 0 Å². The average Bonchev–Trinajstić information content (AvgIpc) is 3.04. The van der Waals surface area contributed by atoms with Crippen LogP contribution in [0.5, 0.6) is 0 Å². The molecule has 4 saturated heterocycles. The fraction of sp³-hybridized carbons (Fsp3) is 0.962. The van der Waals surface area contributed by atoms with Gasteiger partial charge in [-0.05, 0) is 6.92 Å². The maximum Gasteiger partial charge on any atom is 0.217 e. The Bertz CT molecular complexity index is 1010. The molecule has 1 amide bonds. The molecule has 0 aliphatic carbocycles. The lowest BCUT2D eigenvalue weighted by Crippen LogP contribution is -2.69. The SMILES string of the molecule is CC(=O)N[C@@H]1[C@@H](O)[C@H](O[C@@H]2O[C@H](CO)[C@H](O)[C@H](O[C@H]3O[C@H](CO)[C@H](O)[C@H](O)[C@H]3O)[C@H]2O[C@@H]2O[C@@H](C)[C@@H](O)[C@@H](O)[C@@H]2O)[C@@H](CO)O[C@H]1O. The van der Waals surface area contributed by atoms with Gasteiger partial charge in [0, 0.05) is 6.92 Å². The van der Waals surface area contributed by atoms with Crippen LogP contribution in [0.3, 0.4) is 0 Å². The van der Waals surface area contributed by atoms with Crippen molar-refractivity contribution in [3.05, 3.63) is 0 Å². The molecule has 4 fully saturated rings. The summed E-state index contributed by atoms with van der Waals surface area (Å²) in [7, 11) is 0. The van der Waals surface area contributed by atoms with E-state index in [1.165, 1.54) is 6.92 Å². The van der Waals surface area contributed by atoms with Crippen LogP contribution in [0, 0.1) is 0 Å². The molecular weight excluding hydrogens is 646 g/mol. The lowest BCUT2D eigenvalue weighted by molar-refractivity contribution is -0.402. The van der Waals surface area contributed by atoms with Crippen molar-refractivity contribution in [3.63, 3.8) is 0 Å². The fourth-order valence-electron chi connectivity index (χ4n) is 5.86. The number of nitrogens with one attached hydrogen (secondary N) is 1. The first-order chi connectivity index (χ1) is 22.1. The van der Waals surface area contributed by atoms with Crippen molar-refractivity contribution in [1.29, 1.82) is 0 Å². The summed E-state index contributed by atoms with van der Waals surface area (Å²) in [5, 5.41) is 127. The third-order valence-corrected chi connectivity index (χ3v) is 8.57. The Morgan fingerprint density at radius 1 is 0.553 bits per heavy atom. The Morgan fingerprint density at radius 3 is 1.62 bits per heavy atom. The minimum absolute atomic E-state index is 0.678. The first-order valence-corrected chi connectivity index (χ1v) is 15.0. The summed E-state index contributed by atoms with van der Waals surface area (Å²) in [6, 6.07) is -1.50. The molecule has 13 N–H and O–H groups in total. The van der Waals surface area contributed by atoms with E-state index in [4.69, 9.17) is 33.2 Å². The van der Waals surface area contributed by atoms with Gasteiger partial charge in [-0.2, -0.15) is 0 Å². The minimum atomic E-state index is -1.99. The summed E-state index contributed by atoms with van der Waals surface area (Å²) in [6.07, 6.45) is -33.1. The molecule has 21 heteroatoms. The maximum absolute atomic E-state index is 11.7. The summed E-state index contributed by atoms with van der Waals surface area (Å²) in [5.74, 6) is -0.678. The second kappa shape index (κ2) is 16.2. The van der Waals surface area contributed by atoms with Gasteiger partial charge in [-0.15, -0.1) is 0 Å². The molecule has 0 bridgehead atoms. The summed E-state index contributed by atoms with van der Waals surface area (Å²) in [6.45, 7) is -0.164. The van der Waals surface area contributed by atoms with Crippen LogP contribution < -0.4 is 5.32 Å². The average molecular weight is 692 g/mol. The van der Waals surface area contributed by atoms with Crippen molar-refractivity contribution in [2.24, 2.45) is 0 Å². The van der Waals surface area contributed by atoms with Crippen LogP contribution in [-0.2, 0) is 38.0 Å². The Hall–Kier alpha value is -1.29. The highest BCUT2D eigenvalue weighted by atomic mass is 16.8. The number of hydrogen-bond acceptors (Lipinski definition) is 20. The monoisotopic (exact) mass is 691 g/mol. The molecule has 4 aliphatic heterocycles. The van der Waals surface area contributed by atoms with Crippen molar-refractivity contribution >= 4 is 5.91 Å². The molecule has 47 heavy (non-hydrogen) atoms. The first-order valence-electron chi connectivity index (χ1n) is 15.0. The smallest absolute Gasteiger partial charge is 0.217 e. The quantitative estimate of drug-likeness (QED) is 0.101. The van der Waals surface area contributed by atoms with E-state index in [1.807, 2.05) is 0 Å². The predicted octanol–water partition coefficient (Wildman–Crippen LogP) is -8.58. The summed E-state index contributed by atoms with van der Waals surface area (Å²) in [4.78, 5) is 11.7. The van der Waals surface area contributed by atoms with Gasteiger partial charge >= 0.3 is 0 Å². The van der Waals surface area contributed by atoms with Gasteiger partial charge in [0.15, 0.2) is 25.2 Å². The molecule has 20 atom stereocenters. The molecule has 0 saturated carbocycles. The van der Waals surface area contributed by atoms with Crippen LogP contribution in [0.4, 0.5) is 0 Å². The molecule has 274 valence electrons. The highest BCUT2D eigenvalue weighted by Gasteiger charge is 2.56. The van der Waals surface area contributed by atoms with E-state index in [0.29, 0.717) is 0 Å². The molecule has 0 spiro atoms. The standard InChI is InChI=1S/C26H45NO20/c1-6-12(32)16(36)18(38)24(41-6)47-22-21(46-25-19(39)17(37)13(33)8(3-28)43-25)14(34)9(4-29)44-26(22)45-20-10(5-30)42-23(40)11(15(20)35)27-7(2)31/h6,8-26,28-30,32-40H,3-5H2,1-2H3,(H,27,31)/t6-,8+,9+,10+,11+,12+,13-,14-,15+,16+,17-,18-,19+,20+,21-,22+,23+,24-,25+,26-/m0/s1. The normalized spacial score (nSPS) is 51.0. The summed E-state index contributed by atoms with van der Waals surface area (Å²) >= 11 is 0. The van der Waals surface area contributed by atoms with E-state index < -0.39 is 148 Å². The van der Waals surface area contributed by atoms with E-state index in [9.17, 15) is 66.1 Å². The molecule has 0 aromatic heterocycles. The highest BCUT2D eigenvalue weighted by Crippen LogP contribution is 2.35. The van der Waals surface area contributed by atoms with Gasteiger partial charge < -0.3 is 99.8 Å². The molecule has 0 aromatic carbocycles. The number of carbonyl (C=O) groups is 1. The zero-order chi connectivity index (χ0) is 34.9. The van der Waals surface area contributed by atoms with Gasteiger partial charge in [0.1, 0.15) is 91.5 Å². The minimum Gasteiger partial charge on any atom is -0.394 e. The zero-order valence-corrected chi connectivity index (χ0v) is 25.3. The van der Waals surface area contributed by atoms with Crippen LogP contribution in [0.2, 0.25) is 0 Å². The molecule has 4 aliphatic rings. The topological polar surface area (TPSA) is 336 Å². The second-order valence-corrected chi connectivity index (χ2v) is 11.9. The Labute approximate surface area is 267 Å². The van der Waals surface area contributed by atoms with E-state index in [2.05, 4.69) is 5.32 Å². The second-order valence-electron chi connectivity index (χ2n) is 11.9. The lowest BCUT2D eigenvalue weighted by Gasteiger charge is -2.50. The van der Waals surface area contributed by atoms with E-state index in [1.54, 1.807) is 0 Å². The van der Waals surface area contributed by atoms with Crippen molar-refractivity contribution in [1.82, 2.24) is 5.32 Å². The predicted molar refractivity (Wildman–Crippen MR) is 144 cm³/mol. The Balaban J connectivity index is 1.71. The molecular formula is C26H45NO20. The number of amides is 1. The van der Waals surface area contributed by atoms with Crippen molar-refractivity contribution in [3.8, 4) is 0 Å². The lowest BCUT2D eigenvalue weighted by atomic mass is 9.94. The van der Waals surface area contributed by atoms with Crippen LogP contribution in [0.15, 0.2) is 0 Å². The van der Waals surface area contributed by atoms with Crippen LogP contribution in [-0.4, -0.2) is 210 Å². The van der Waals surface area contributed by atoms with Gasteiger partial charge in [0.25, 0.3) is 0 Å². The maximum atomic E-state index is 11.7. The number of rotatable bonds is 10. The molecule has 0 aromatic rings. The largest absolute Gasteiger partial charge is 0.394 e. The molecule has 0 unspecified atom stereocenters. The molecule has 4 heterocycles. The third-order valence-electron chi connectivity index (χ3n) is 8.57. The number of aliphatic hydroxyl groups is 12. The summed E-state index contributed by atoms with van der Waals surface area (Å²) in [5.41, 5.74) is 0. The number of carbonyl (C=O) groups excluding carboxylic acids is 1. The van der Waals surface area contributed by atoms with E-state index >= 15 is 0 Å².